The first-order chi connectivity index (χ1) is 13.8. The van der Waals surface area contributed by atoms with Crippen LogP contribution < -0.4 is 5.32 Å². The van der Waals surface area contributed by atoms with Crippen molar-refractivity contribution in [2.24, 2.45) is 29.6 Å². The van der Waals surface area contributed by atoms with Gasteiger partial charge < -0.3 is 14.8 Å². The Balaban J connectivity index is 1.16. The van der Waals surface area contributed by atoms with Gasteiger partial charge in [-0.2, -0.15) is 0 Å². The maximum Gasteiger partial charge on any atom is 0.239 e. The molecule has 158 valence electrons. The highest BCUT2D eigenvalue weighted by molar-refractivity contribution is 5.82. The first-order valence-corrected chi connectivity index (χ1v) is 12.0. The molecular formula is C23H38N2O3. The zero-order valence-electron chi connectivity index (χ0n) is 17.3. The minimum absolute atomic E-state index is 0.0919. The van der Waals surface area contributed by atoms with E-state index in [4.69, 9.17) is 9.47 Å². The fourth-order valence-electron chi connectivity index (χ4n) is 6.54. The maximum atomic E-state index is 13.2. The smallest absolute Gasteiger partial charge is 0.239 e. The van der Waals surface area contributed by atoms with Gasteiger partial charge in [0.1, 0.15) is 6.04 Å². The first-order valence-electron chi connectivity index (χ1n) is 12.0. The standard InChI is InChI=1S/C23H38N2O3/c26-23(24-21-2-1-17-11-18-13-19(18)14-20(21)12-17)22-15-28-10-7-25(22)6-3-16-4-8-27-9-5-16/h16-22H,1-15H2,(H,24,26). The molecular weight excluding hydrogens is 352 g/mol. The Hall–Kier alpha value is -0.650. The molecule has 5 rings (SSSR count). The Morgan fingerprint density at radius 3 is 2.57 bits per heavy atom. The molecule has 2 bridgehead atoms. The van der Waals surface area contributed by atoms with Gasteiger partial charge in [-0.1, -0.05) is 0 Å². The topological polar surface area (TPSA) is 50.8 Å². The second-order valence-electron chi connectivity index (χ2n) is 10.3. The molecule has 28 heavy (non-hydrogen) atoms. The van der Waals surface area contributed by atoms with Crippen LogP contribution in [0.15, 0.2) is 0 Å². The summed E-state index contributed by atoms with van der Waals surface area (Å²) in [5, 5.41) is 3.50. The zero-order chi connectivity index (χ0) is 18.9. The normalized spacial score (nSPS) is 41.7. The fourth-order valence-corrected chi connectivity index (χ4v) is 6.54. The van der Waals surface area contributed by atoms with E-state index >= 15 is 0 Å². The third kappa shape index (κ3) is 4.41. The summed E-state index contributed by atoms with van der Waals surface area (Å²) >= 11 is 0. The van der Waals surface area contributed by atoms with Crippen LogP contribution in [0.1, 0.15) is 57.8 Å². The summed E-state index contributed by atoms with van der Waals surface area (Å²) < 4.78 is 11.2. The molecule has 0 radical (unpaired) electrons. The van der Waals surface area contributed by atoms with Gasteiger partial charge in [0, 0.05) is 25.8 Å². The molecule has 5 heteroatoms. The molecule has 5 fully saturated rings. The van der Waals surface area contributed by atoms with Gasteiger partial charge in [0.05, 0.1) is 13.2 Å². The Bertz CT molecular complexity index is 548. The molecule has 0 aromatic heterocycles. The van der Waals surface area contributed by atoms with Crippen LogP contribution in [0.5, 0.6) is 0 Å². The number of rotatable bonds is 5. The number of fused-ring (bicyclic) bond motifs is 3. The number of carbonyl (C=O) groups is 1. The van der Waals surface area contributed by atoms with Gasteiger partial charge in [0.25, 0.3) is 0 Å². The quantitative estimate of drug-likeness (QED) is 0.784. The third-order valence-corrected chi connectivity index (χ3v) is 8.44. The number of nitrogens with zero attached hydrogens (tertiary/aromatic N) is 1. The number of ether oxygens (including phenoxy) is 2. The van der Waals surface area contributed by atoms with Crippen molar-refractivity contribution in [3.63, 3.8) is 0 Å². The lowest BCUT2D eigenvalue weighted by atomic mass is 9.76. The van der Waals surface area contributed by atoms with Gasteiger partial charge in [-0.25, -0.2) is 0 Å². The van der Waals surface area contributed by atoms with E-state index in [1.54, 1.807) is 0 Å². The summed E-state index contributed by atoms with van der Waals surface area (Å²) in [6.45, 7) is 5.04. The average Bonchev–Trinajstić information content (AvgIpc) is 3.47. The van der Waals surface area contributed by atoms with Crippen LogP contribution in [-0.4, -0.2) is 62.4 Å². The van der Waals surface area contributed by atoms with E-state index < -0.39 is 0 Å². The van der Waals surface area contributed by atoms with E-state index in [2.05, 4.69) is 10.2 Å². The molecule has 0 aromatic carbocycles. The summed E-state index contributed by atoms with van der Waals surface area (Å²) in [5.41, 5.74) is 0. The number of hydrogen-bond acceptors (Lipinski definition) is 4. The molecule has 3 saturated carbocycles. The lowest BCUT2D eigenvalue weighted by Crippen LogP contribution is -2.57. The molecule has 1 N–H and O–H groups in total. The largest absolute Gasteiger partial charge is 0.381 e. The lowest BCUT2D eigenvalue weighted by molar-refractivity contribution is -0.134. The lowest BCUT2D eigenvalue weighted by Gasteiger charge is -2.39. The second kappa shape index (κ2) is 8.61. The maximum absolute atomic E-state index is 13.2. The van der Waals surface area contributed by atoms with Crippen molar-refractivity contribution in [2.75, 3.05) is 39.5 Å². The summed E-state index contributed by atoms with van der Waals surface area (Å²) in [6.07, 6.45) is 11.7. The second-order valence-corrected chi connectivity index (χ2v) is 10.3. The molecule has 6 unspecified atom stereocenters. The van der Waals surface area contributed by atoms with E-state index in [0.717, 1.165) is 62.5 Å². The molecule has 0 aromatic rings. The average molecular weight is 391 g/mol. The van der Waals surface area contributed by atoms with Gasteiger partial charge in [-0.05, 0) is 93.9 Å². The van der Waals surface area contributed by atoms with Crippen LogP contribution in [-0.2, 0) is 14.3 Å². The van der Waals surface area contributed by atoms with Gasteiger partial charge in [-0.3, -0.25) is 9.69 Å². The Morgan fingerprint density at radius 2 is 1.68 bits per heavy atom. The van der Waals surface area contributed by atoms with E-state index in [1.807, 2.05) is 0 Å². The first kappa shape index (κ1) is 19.3. The number of nitrogens with one attached hydrogen (secondary N) is 1. The fraction of sp³-hybridized carbons (Fsp3) is 0.957. The molecule has 5 nitrogen and oxygen atoms in total. The highest BCUT2D eigenvalue weighted by Gasteiger charge is 2.47. The predicted octanol–water partition coefficient (Wildman–Crippen LogP) is 2.83. The van der Waals surface area contributed by atoms with Crippen LogP contribution in [0.3, 0.4) is 0 Å². The molecule has 2 saturated heterocycles. The van der Waals surface area contributed by atoms with Crippen molar-refractivity contribution in [3.05, 3.63) is 0 Å². The predicted molar refractivity (Wildman–Crippen MR) is 108 cm³/mol. The molecule has 5 aliphatic rings. The molecule has 1 amide bonds. The molecule has 3 aliphatic carbocycles. The number of amides is 1. The Labute approximate surface area is 169 Å². The highest BCUT2D eigenvalue weighted by atomic mass is 16.5. The van der Waals surface area contributed by atoms with Crippen LogP contribution in [0, 0.1) is 29.6 Å². The van der Waals surface area contributed by atoms with E-state index in [1.165, 1.54) is 57.8 Å². The van der Waals surface area contributed by atoms with Crippen LogP contribution in [0.25, 0.3) is 0 Å². The van der Waals surface area contributed by atoms with Crippen molar-refractivity contribution >= 4 is 5.91 Å². The van der Waals surface area contributed by atoms with Gasteiger partial charge in [0.2, 0.25) is 5.91 Å². The van der Waals surface area contributed by atoms with Crippen molar-refractivity contribution in [2.45, 2.75) is 69.9 Å². The van der Waals surface area contributed by atoms with E-state index in [-0.39, 0.29) is 11.9 Å². The van der Waals surface area contributed by atoms with Gasteiger partial charge in [0.15, 0.2) is 0 Å². The minimum atomic E-state index is -0.0919. The van der Waals surface area contributed by atoms with E-state index in [9.17, 15) is 4.79 Å². The number of morpholine rings is 1. The van der Waals surface area contributed by atoms with Crippen LogP contribution in [0.4, 0.5) is 0 Å². The SMILES string of the molecule is O=C(NC1CCC2CC3CC3CC1C2)C1COCCN1CCC1CCOCC1. The van der Waals surface area contributed by atoms with Crippen molar-refractivity contribution in [1.29, 1.82) is 0 Å². The molecule has 0 spiro atoms. The monoisotopic (exact) mass is 390 g/mol. The molecule has 2 heterocycles. The minimum Gasteiger partial charge on any atom is -0.381 e. The van der Waals surface area contributed by atoms with E-state index in [0.29, 0.717) is 12.6 Å². The summed E-state index contributed by atoms with van der Waals surface area (Å²) in [6, 6.07) is 0.313. The summed E-state index contributed by atoms with van der Waals surface area (Å²) in [7, 11) is 0. The van der Waals surface area contributed by atoms with Crippen LogP contribution >= 0.6 is 0 Å². The van der Waals surface area contributed by atoms with Crippen molar-refractivity contribution in [1.82, 2.24) is 10.2 Å². The number of hydrogen-bond donors (Lipinski definition) is 1. The van der Waals surface area contributed by atoms with Gasteiger partial charge in [-0.15, -0.1) is 0 Å². The van der Waals surface area contributed by atoms with Gasteiger partial charge >= 0.3 is 0 Å². The molecule has 6 atom stereocenters. The molecule has 2 aliphatic heterocycles. The van der Waals surface area contributed by atoms with Crippen molar-refractivity contribution < 1.29 is 14.3 Å². The van der Waals surface area contributed by atoms with Crippen molar-refractivity contribution in [3.8, 4) is 0 Å². The third-order valence-electron chi connectivity index (χ3n) is 8.44. The Morgan fingerprint density at radius 1 is 0.893 bits per heavy atom. The zero-order valence-corrected chi connectivity index (χ0v) is 17.3. The number of carbonyl (C=O) groups excluding carboxylic acids is 1. The van der Waals surface area contributed by atoms with Crippen LogP contribution in [0.2, 0.25) is 0 Å². The summed E-state index contributed by atoms with van der Waals surface area (Å²) in [4.78, 5) is 15.6. The Kier molecular flexibility index (Phi) is 5.94. The summed E-state index contributed by atoms with van der Waals surface area (Å²) in [5.74, 6) is 4.64. The highest BCUT2D eigenvalue weighted by Crippen LogP contribution is 2.54.